The van der Waals surface area contributed by atoms with Gasteiger partial charge >= 0.3 is 0 Å². The van der Waals surface area contributed by atoms with Crippen LogP contribution in [-0.2, 0) is 9.59 Å². The van der Waals surface area contributed by atoms with Gasteiger partial charge in [-0.3, -0.25) is 19.5 Å². The van der Waals surface area contributed by atoms with Gasteiger partial charge in [0, 0.05) is 11.3 Å². The zero-order valence-corrected chi connectivity index (χ0v) is 9.08. The van der Waals surface area contributed by atoms with Gasteiger partial charge in [0.25, 0.3) is 0 Å². The van der Waals surface area contributed by atoms with E-state index in [4.69, 9.17) is 5.21 Å². The molecule has 1 aliphatic heterocycles. The maximum Gasteiger partial charge on any atom is 0.244 e. The normalized spacial score (nSPS) is 18.6. The molecule has 1 aromatic carbocycles. The monoisotopic (exact) mass is 238 g/mol. The molecule has 84 valence electrons. The lowest BCUT2D eigenvalue weighted by Crippen LogP contribution is -2.32. The quantitative estimate of drug-likeness (QED) is 0.404. The zero-order valence-electron chi connectivity index (χ0n) is 8.27. The van der Waals surface area contributed by atoms with E-state index in [2.05, 4.69) is 4.72 Å². The first-order chi connectivity index (χ1) is 7.72. The van der Waals surface area contributed by atoms with Crippen LogP contribution < -0.4 is 10.2 Å². The highest BCUT2D eigenvalue weighted by Crippen LogP contribution is 2.34. The Morgan fingerprint density at radius 3 is 3.00 bits per heavy atom. The molecule has 0 bridgehead atoms. The minimum Gasteiger partial charge on any atom is -0.295 e. The van der Waals surface area contributed by atoms with Crippen LogP contribution in [0.5, 0.6) is 0 Å². The largest absolute Gasteiger partial charge is 0.295 e. The van der Waals surface area contributed by atoms with Crippen LogP contribution in [0.15, 0.2) is 29.2 Å². The molecule has 0 aromatic heterocycles. The first-order valence-electron chi connectivity index (χ1n) is 4.71. The Morgan fingerprint density at radius 2 is 2.25 bits per heavy atom. The van der Waals surface area contributed by atoms with Gasteiger partial charge in [-0.05, 0) is 23.6 Å². The molecule has 0 fully saturated rings. The van der Waals surface area contributed by atoms with Crippen molar-refractivity contribution in [2.24, 2.45) is 0 Å². The molecule has 1 unspecified atom stereocenters. The van der Waals surface area contributed by atoms with Crippen LogP contribution in [0, 0.1) is 0 Å². The summed E-state index contributed by atoms with van der Waals surface area (Å²) in [6.45, 7) is 0. The van der Waals surface area contributed by atoms with Crippen LogP contribution >= 0.6 is 11.9 Å². The number of hydrogen-bond acceptors (Lipinski definition) is 4. The van der Waals surface area contributed by atoms with Crippen LogP contribution in [0.3, 0.4) is 0 Å². The molecule has 0 aliphatic carbocycles. The molecule has 1 atom stereocenters. The van der Waals surface area contributed by atoms with Crippen LogP contribution in [0.4, 0.5) is 0 Å². The lowest BCUT2D eigenvalue weighted by molar-refractivity contribution is -0.132. The van der Waals surface area contributed by atoms with E-state index in [9.17, 15) is 9.59 Å². The number of carbonyl (C=O) groups excluding carboxylic acids is 2. The number of fused-ring (bicyclic) bond motifs is 1. The minimum atomic E-state index is -0.568. The van der Waals surface area contributed by atoms with Gasteiger partial charge in [-0.2, -0.15) is 0 Å². The van der Waals surface area contributed by atoms with E-state index in [0.29, 0.717) is 0 Å². The fourth-order valence-electron chi connectivity index (χ4n) is 1.61. The van der Waals surface area contributed by atoms with Crippen molar-refractivity contribution in [3.63, 3.8) is 0 Å². The van der Waals surface area contributed by atoms with Crippen molar-refractivity contribution in [2.75, 3.05) is 0 Å². The minimum absolute atomic E-state index is 0.0556. The van der Waals surface area contributed by atoms with E-state index in [0.717, 1.165) is 10.5 Å². The first-order valence-corrected chi connectivity index (χ1v) is 5.52. The highest BCUT2D eigenvalue weighted by molar-refractivity contribution is 7.98. The third-order valence-corrected chi connectivity index (χ3v) is 3.28. The summed E-state index contributed by atoms with van der Waals surface area (Å²) in [5.41, 5.74) is 2.36. The lowest BCUT2D eigenvalue weighted by Gasteiger charge is -2.23. The second kappa shape index (κ2) is 4.54. The average Bonchev–Trinajstić information content (AvgIpc) is 2.32. The molecule has 2 rings (SSSR count). The lowest BCUT2D eigenvalue weighted by atomic mass is 9.94. The van der Waals surface area contributed by atoms with Gasteiger partial charge in [0.05, 0.1) is 5.92 Å². The summed E-state index contributed by atoms with van der Waals surface area (Å²) in [4.78, 5) is 23.6. The third kappa shape index (κ3) is 2.02. The van der Waals surface area contributed by atoms with Gasteiger partial charge in [-0.25, -0.2) is 5.48 Å². The molecule has 3 N–H and O–H groups in total. The van der Waals surface area contributed by atoms with Crippen molar-refractivity contribution in [1.29, 1.82) is 0 Å². The van der Waals surface area contributed by atoms with E-state index < -0.39 is 11.8 Å². The smallest absolute Gasteiger partial charge is 0.244 e. The van der Waals surface area contributed by atoms with Gasteiger partial charge in [-0.15, -0.1) is 0 Å². The second-order valence-electron chi connectivity index (χ2n) is 3.40. The number of rotatable bonds is 2. The van der Waals surface area contributed by atoms with Gasteiger partial charge < -0.3 is 0 Å². The molecular weight excluding hydrogens is 228 g/mol. The predicted octanol–water partition coefficient (Wildman–Crippen LogP) is 0.803. The third-order valence-electron chi connectivity index (χ3n) is 2.39. The summed E-state index contributed by atoms with van der Waals surface area (Å²) in [5, 5.41) is 8.46. The Labute approximate surface area is 96.3 Å². The van der Waals surface area contributed by atoms with E-state index in [-0.39, 0.29) is 12.3 Å². The molecular formula is C10H10N2O3S. The van der Waals surface area contributed by atoms with Crippen LogP contribution in [-0.4, -0.2) is 17.0 Å². The fourth-order valence-corrected chi connectivity index (χ4v) is 2.44. The van der Waals surface area contributed by atoms with Gasteiger partial charge in [0.1, 0.15) is 0 Å². The molecule has 0 saturated heterocycles. The Morgan fingerprint density at radius 1 is 1.50 bits per heavy atom. The number of carbonyl (C=O) groups is 2. The molecule has 6 heteroatoms. The van der Waals surface area contributed by atoms with Crippen molar-refractivity contribution in [3.8, 4) is 0 Å². The summed E-state index contributed by atoms with van der Waals surface area (Å²) in [6.07, 6.45) is -0.0556. The maximum absolute atomic E-state index is 11.6. The van der Waals surface area contributed by atoms with Crippen LogP contribution in [0.25, 0.3) is 0 Å². The van der Waals surface area contributed by atoms with Gasteiger partial charge in [0.15, 0.2) is 0 Å². The first kappa shape index (κ1) is 11.0. The van der Waals surface area contributed by atoms with Crippen molar-refractivity contribution >= 4 is 23.8 Å². The van der Waals surface area contributed by atoms with Gasteiger partial charge in [-0.1, -0.05) is 18.2 Å². The fraction of sp³-hybridized carbons (Fsp3) is 0.200. The van der Waals surface area contributed by atoms with Crippen molar-refractivity contribution in [3.05, 3.63) is 29.8 Å². The number of hydroxylamine groups is 1. The molecule has 0 spiro atoms. The molecule has 1 aromatic rings. The van der Waals surface area contributed by atoms with E-state index >= 15 is 0 Å². The topological polar surface area (TPSA) is 78.4 Å². The Hall–Kier alpha value is -1.53. The summed E-state index contributed by atoms with van der Waals surface area (Å²) >= 11 is 1.24. The summed E-state index contributed by atoms with van der Waals surface area (Å²) in [6, 6.07) is 7.38. The Balaban J connectivity index is 2.29. The Kier molecular flexibility index (Phi) is 3.12. The summed E-state index contributed by atoms with van der Waals surface area (Å²) in [5.74, 6) is -1.32. The predicted molar refractivity (Wildman–Crippen MR) is 57.7 cm³/mol. The van der Waals surface area contributed by atoms with Crippen molar-refractivity contribution < 1.29 is 14.8 Å². The molecule has 1 aliphatic rings. The zero-order chi connectivity index (χ0) is 11.5. The van der Waals surface area contributed by atoms with Crippen LogP contribution in [0.1, 0.15) is 17.9 Å². The van der Waals surface area contributed by atoms with Crippen molar-refractivity contribution in [1.82, 2.24) is 10.2 Å². The molecule has 1 heterocycles. The number of amides is 2. The Bertz CT molecular complexity index is 436. The number of nitrogens with one attached hydrogen (secondary N) is 2. The highest BCUT2D eigenvalue weighted by Gasteiger charge is 2.29. The molecule has 2 amide bonds. The molecule has 0 radical (unpaired) electrons. The summed E-state index contributed by atoms with van der Waals surface area (Å²) < 4.78 is 2.63. The van der Waals surface area contributed by atoms with E-state index in [1.54, 1.807) is 0 Å². The van der Waals surface area contributed by atoms with Crippen LogP contribution in [0.2, 0.25) is 0 Å². The number of benzene rings is 1. The summed E-state index contributed by atoms with van der Waals surface area (Å²) in [7, 11) is 0. The van der Waals surface area contributed by atoms with Crippen molar-refractivity contribution in [2.45, 2.75) is 17.2 Å². The molecule has 16 heavy (non-hydrogen) atoms. The second-order valence-corrected chi connectivity index (χ2v) is 4.25. The molecule has 5 nitrogen and oxygen atoms in total. The van der Waals surface area contributed by atoms with E-state index in [1.807, 2.05) is 24.3 Å². The van der Waals surface area contributed by atoms with Gasteiger partial charge in [0.2, 0.25) is 11.8 Å². The standard InChI is InChI=1S/C10H10N2O3S/c13-9(11-15)5-7-6-3-1-2-4-8(6)16-12-10(7)14/h1-4,7,15H,5H2,(H,11,13)(H,12,14). The van der Waals surface area contributed by atoms with E-state index in [1.165, 1.54) is 17.4 Å². The number of hydrogen-bond donors (Lipinski definition) is 3. The average molecular weight is 238 g/mol. The SMILES string of the molecule is O=C(CC1C(=O)NSc2ccccc21)NO. The highest BCUT2D eigenvalue weighted by atomic mass is 32.2. The maximum atomic E-state index is 11.6. The molecule has 0 saturated carbocycles.